The molecule has 7 nitrogen and oxygen atoms in total. The van der Waals surface area contributed by atoms with E-state index in [0.717, 1.165) is 0 Å². The molecule has 0 aromatic rings. The van der Waals surface area contributed by atoms with E-state index < -0.39 is 6.16 Å². The highest BCUT2D eigenvalue weighted by molar-refractivity contribution is 5.47. The largest absolute Gasteiger partial charge is 0.652 e. The monoisotopic (exact) mass is 198 g/mol. The molecular weight excluding hydrogens is 188 g/mol. The molecule has 2 rings (SSSR count). The molecule has 2 aliphatic heterocycles. The molecule has 0 radical (unpaired) electrons. The second kappa shape index (κ2) is 9.10. The van der Waals surface area contributed by atoms with Crippen molar-refractivity contribution in [2.45, 2.75) is 0 Å². The fourth-order valence-corrected chi connectivity index (χ4v) is 0.497. The predicted octanol–water partition coefficient (Wildman–Crippen LogP) is -4.32. The number of quaternary nitrogens is 2. The minimum Gasteiger partial charge on any atom is -0.652 e. The maximum atomic E-state index is 8.33. The molecule has 0 saturated carbocycles. The van der Waals surface area contributed by atoms with Crippen molar-refractivity contribution in [3.05, 3.63) is 24.8 Å². The smallest absolute Gasteiger partial charge is 0.191 e. The summed E-state index contributed by atoms with van der Waals surface area (Å²) in [6, 6.07) is 0. The summed E-state index contributed by atoms with van der Waals surface area (Å²) in [5.41, 5.74) is 0. The van der Waals surface area contributed by atoms with Crippen molar-refractivity contribution < 1.29 is 25.6 Å². The van der Waals surface area contributed by atoms with Crippen LogP contribution in [0.3, 0.4) is 0 Å². The van der Waals surface area contributed by atoms with Gasteiger partial charge in [-0.2, -0.15) is 0 Å². The van der Waals surface area contributed by atoms with Gasteiger partial charge in [0.15, 0.2) is 12.7 Å². The standard InChI is InChI=1S/2C3H4N2.CH2O3/c2*1-2-5-3-4-1;2-1(3)4/h2*1-3H,(H,4,5);(H2,2,3,4). The Morgan fingerprint density at radius 2 is 1.36 bits per heavy atom. The Bertz CT molecular complexity index is 224. The van der Waals surface area contributed by atoms with Crippen LogP contribution < -0.4 is 20.8 Å². The molecule has 0 unspecified atom stereocenters. The van der Waals surface area contributed by atoms with Gasteiger partial charge in [0.1, 0.15) is 12.4 Å². The van der Waals surface area contributed by atoms with E-state index in [1.54, 1.807) is 25.1 Å². The van der Waals surface area contributed by atoms with Gasteiger partial charge in [-0.3, -0.25) is 10.6 Å². The number of carbonyl (C=O) groups is 1. The Morgan fingerprint density at radius 3 is 1.43 bits per heavy atom. The number of nitrogens with two attached hydrogens (primary N) is 2. The van der Waals surface area contributed by atoms with E-state index in [4.69, 9.17) is 15.0 Å². The van der Waals surface area contributed by atoms with Crippen LogP contribution in [-0.2, 0) is 0 Å². The third-order valence-corrected chi connectivity index (χ3v) is 0.911. The highest BCUT2D eigenvalue weighted by Gasteiger charge is 1.76. The second-order valence-corrected chi connectivity index (χ2v) is 1.91. The number of rotatable bonds is 0. The molecule has 0 aromatic heterocycles. The molecular formula is C7H10N4O3. The molecule has 0 atom stereocenters. The molecule has 0 aliphatic carbocycles. The van der Waals surface area contributed by atoms with Gasteiger partial charge in [-0.05, 0) is 6.16 Å². The van der Waals surface area contributed by atoms with E-state index in [0.29, 0.717) is 0 Å². The summed E-state index contributed by atoms with van der Waals surface area (Å²) in [5.74, 6) is 0. The normalized spacial score (nSPS) is 14.3. The van der Waals surface area contributed by atoms with E-state index in [2.05, 4.69) is 9.98 Å². The average Bonchev–Trinajstić information content (AvgIpc) is 2.83. The lowest BCUT2D eigenvalue weighted by atomic mass is 11.0. The molecule has 2 heterocycles. The van der Waals surface area contributed by atoms with Crippen LogP contribution in [0, 0.1) is 0 Å². The van der Waals surface area contributed by atoms with Crippen LogP contribution in [0.1, 0.15) is 0 Å². The van der Waals surface area contributed by atoms with Gasteiger partial charge < -0.3 is 15.0 Å². The van der Waals surface area contributed by atoms with E-state index in [-0.39, 0.29) is 0 Å². The topological polar surface area (TPSA) is 121 Å². The summed E-state index contributed by atoms with van der Waals surface area (Å²) in [6.45, 7) is 0. The lowest BCUT2D eigenvalue weighted by Crippen LogP contribution is -2.74. The minimum absolute atomic E-state index is 1.75. The molecule has 0 aromatic carbocycles. The minimum atomic E-state index is -2.33. The number of nitrogens with zero attached hydrogens (tertiary/aromatic N) is 2. The fraction of sp³-hybridized carbons (Fsp3) is 0. The van der Waals surface area contributed by atoms with Crippen molar-refractivity contribution >= 4 is 18.8 Å². The van der Waals surface area contributed by atoms with Gasteiger partial charge in [-0.15, -0.1) is 0 Å². The van der Waals surface area contributed by atoms with Crippen LogP contribution in [0.4, 0.5) is 4.79 Å². The molecule has 0 spiro atoms. The fourth-order valence-electron chi connectivity index (χ4n) is 0.497. The zero-order valence-corrected chi connectivity index (χ0v) is 7.24. The van der Waals surface area contributed by atoms with E-state index in [1.807, 2.05) is 23.0 Å². The highest BCUT2D eigenvalue weighted by atomic mass is 16.6. The number of hydrogen-bond acceptors (Lipinski definition) is 5. The molecule has 0 fully saturated rings. The maximum Gasteiger partial charge on any atom is 0.191 e. The molecule has 0 amide bonds. The molecule has 0 saturated heterocycles. The lowest BCUT2D eigenvalue weighted by molar-refractivity contribution is -0.447. The van der Waals surface area contributed by atoms with Gasteiger partial charge >= 0.3 is 0 Å². The summed E-state index contributed by atoms with van der Waals surface area (Å²) < 4.78 is 0. The highest BCUT2D eigenvalue weighted by Crippen LogP contribution is 1.63. The van der Waals surface area contributed by atoms with Crippen molar-refractivity contribution in [2.75, 3.05) is 0 Å². The van der Waals surface area contributed by atoms with Crippen LogP contribution in [-0.4, -0.2) is 18.8 Å². The van der Waals surface area contributed by atoms with E-state index in [1.165, 1.54) is 0 Å². The van der Waals surface area contributed by atoms with Gasteiger partial charge in [-0.1, -0.05) is 0 Å². The van der Waals surface area contributed by atoms with Gasteiger partial charge in [0.2, 0.25) is 0 Å². The second-order valence-electron chi connectivity index (χ2n) is 1.91. The number of carboxylic acid groups (broad SMARTS) is 2. The molecule has 2 aliphatic rings. The third-order valence-electron chi connectivity index (χ3n) is 0.911. The predicted molar refractivity (Wildman–Crippen MR) is 44.5 cm³/mol. The third kappa shape index (κ3) is 12.7. The summed E-state index contributed by atoms with van der Waals surface area (Å²) in [5, 5.41) is 20.4. The van der Waals surface area contributed by atoms with Crippen molar-refractivity contribution in [3.63, 3.8) is 0 Å². The van der Waals surface area contributed by atoms with Crippen LogP contribution in [0.25, 0.3) is 0 Å². The zero-order chi connectivity index (χ0) is 10.6. The molecule has 76 valence electrons. The lowest BCUT2D eigenvalue weighted by Gasteiger charge is -1.96. The summed E-state index contributed by atoms with van der Waals surface area (Å²) in [7, 11) is 0. The Kier molecular flexibility index (Phi) is 7.81. The van der Waals surface area contributed by atoms with Gasteiger partial charge in [0.05, 0.1) is 12.4 Å². The first-order valence-corrected chi connectivity index (χ1v) is 3.65. The summed E-state index contributed by atoms with van der Waals surface area (Å²) in [6.07, 6.45) is 8.44. The SMILES string of the molecule is C1=C[NH2+]C=N1.C1=C[NH2+]C=N1.O=C([O-])[O-]. The number of carbonyl (C=O) groups excluding carboxylic acids is 1. The Balaban J connectivity index is 0.000000183. The van der Waals surface area contributed by atoms with Gasteiger partial charge in [0.25, 0.3) is 0 Å². The van der Waals surface area contributed by atoms with E-state index in [9.17, 15) is 0 Å². The first-order valence-electron chi connectivity index (χ1n) is 3.65. The van der Waals surface area contributed by atoms with Crippen molar-refractivity contribution in [1.29, 1.82) is 0 Å². The number of aliphatic imine (C=N–C) groups is 2. The summed E-state index contributed by atoms with van der Waals surface area (Å²) in [4.78, 5) is 15.8. The first-order chi connectivity index (χ1) is 6.73. The van der Waals surface area contributed by atoms with Gasteiger partial charge in [-0.25, -0.2) is 9.98 Å². The van der Waals surface area contributed by atoms with Crippen molar-refractivity contribution in [2.24, 2.45) is 9.98 Å². The molecule has 4 N–H and O–H groups in total. The van der Waals surface area contributed by atoms with Crippen LogP contribution >= 0.6 is 0 Å². The zero-order valence-electron chi connectivity index (χ0n) is 7.24. The van der Waals surface area contributed by atoms with Gasteiger partial charge in [0, 0.05) is 0 Å². The van der Waals surface area contributed by atoms with E-state index >= 15 is 0 Å². The quantitative estimate of drug-likeness (QED) is 0.409. The average molecular weight is 198 g/mol. The Morgan fingerprint density at radius 1 is 1.00 bits per heavy atom. The Hall–Kier alpha value is -1.99. The molecule has 0 bridgehead atoms. The Labute approximate surface area is 80.2 Å². The molecule has 14 heavy (non-hydrogen) atoms. The van der Waals surface area contributed by atoms with Crippen molar-refractivity contribution in [3.8, 4) is 0 Å². The van der Waals surface area contributed by atoms with Crippen LogP contribution in [0.5, 0.6) is 0 Å². The molecule has 7 heteroatoms. The van der Waals surface area contributed by atoms with Crippen LogP contribution in [0.15, 0.2) is 34.8 Å². The van der Waals surface area contributed by atoms with Crippen molar-refractivity contribution in [1.82, 2.24) is 0 Å². The first kappa shape index (κ1) is 12.0. The summed E-state index contributed by atoms with van der Waals surface area (Å²) >= 11 is 0. The van der Waals surface area contributed by atoms with Crippen LogP contribution in [0.2, 0.25) is 0 Å². The number of hydrogen-bond donors (Lipinski definition) is 2. The maximum absolute atomic E-state index is 8.33.